The monoisotopic (exact) mass is 366 g/mol. The van der Waals surface area contributed by atoms with E-state index in [1.54, 1.807) is 4.90 Å². The zero-order chi connectivity index (χ0) is 19.3. The quantitative estimate of drug-likeness (QED) is 0.337. The standard InChI is InChI=1S/C16H22N4O6/c1-3-4-7-26-16(21)12-8-13(19(22)23)15(14(9-12)20(24)25)18-6-5-17-11(2)10-18/h8-9,11,17H,3-7,10H2,1-2H3/t11-/m1/s1. The number of nitrogens with one attached hydrogen (secondary N) is 1. The first kappa shape index (κ1) is 19.6. The zero-order valence-corrected chi connectivity index (χ0v) is 14.8. The molecule has 0 aromatic heterocycles. The molecule has 10 nitrogen and oxygen atoms in total. The van der Waals surface area contributed by atoms with Crippen LogP contribution in [0.1, 0.15) is 37.0 Å². The predicted molar refractivity (Wildman–Crippen MR) is 94.6 cm³/mol. The number of nitro groups is 2. The molecule has 1 aromatic carbocycles. The summed E-state index contributed by atoms with van der Waals surface area (Å²) >= 11 is 0. The highest BCUT2D eigenvalue weighted by atomic mass is 16.6. The van der Waals surface area contributed by atoms with Gasteiger partial charge in [-0.15, -0.1) is 0 Å². The second-order valence-electron chi connectivity index (χ2n) is 6.17. The molecule has 1 heterocycles. The van der Waals surface area contributed by atoms with E-state index in [4.69, 9.17) is 4.74 Å². The number of hydrogen-bond acceptors (Lipinski definition) is 8. The predicted octanol–water partition coefficient (Wildman–Crippen LogP) is 2.26. The first-order chi connectivity index (χ1) is 12.3. The molecule has 0 spiro atoms. The van der Waals surface area contributed by atoms with Crippen molar-refractivity contribution in [3.63, 3.8) is 0 Å². The van der Waals surface area contributed by atoms with Gasteiger partial charge in [-0.2, -0.15) is 0 Å². The summed E-state index contributed by atoms with van der Waals surface area (Å²) in [6, 6.07) is 2.15. The minimum Gasteiger partial charge on any atom is -0.462 e. The molecular weight excluding hydrogens is 344 g/mol. The average Bonchev–Trinajstić information content (AvgIpc) is 2.60. The van der Waals surface area contributed by atoms with E-state index in [-0.39, 0.29) is 23.9 Å². The van der Waals surface area contributed by atoms with Crippen molar-refractivity contribution >= 4 is 23.0 Å². The Balaban J connectivity index is 2.48. The largest absolute Gasteiger partial charge is 0.462 e. The summed E-state index contributed by atoms with van der Waals surface area (Å²) in [7, 11) is 0. The number of nitrogens with zero attached hydrogens (tertiary/aromatic N) is 3. The molecule has 1 atom stereocenters. The maximum absolute atomic E-state index is 12.1. The molecule has 1 aromatic rings. The summed E-state index contributed by atoms with van der Waals surface area (Å²) in [6.45, 7) is 5.31. The van der Waals surface area contributed by atoms with Crippen molar-refractivity contribution in [3.05, 3.63) is 37.9 Å². The molecule has 1 aliphatic rings. The molecule has 0 amide bonds. The number of benzene rings is 1. The highest BCUT2D eigenvalue weighted by molar-refractivity contribution is 5.94. The SMILES string of the molecule is CCCCOC(=O)c1cc([N+](=O)[O-])c(N2CCN[C@H](C)C2)c([N+](=O)[O-])c1. The summed E-state index contributed by atoms with van der Waals surface area (Å²) in [5.74, 6) is -0.801. The van der Waals surface area contributed by atoms with Crippen molar-refractivity contribution in [2.45, 2.75) is 32.7 Å². The fourth-order valence-electron chi connectivity index (χ4n) is 2.85. The highest BCUT2D eigenvalue weighted by Gasteiger charge is 2.34. The van der Waals surface area contributed by atoms with Gasteiger partial charge in [-0.1, -0.05) is 13.3 Å². The van der Waals surface area contributed by atoms with Gasteiger partial charge in [-0.3, -0.25) is 20.2 Å². The Labute approximate surface area is 150 Å². The van der Waals surface area contributed by atoms with Gasteiger partial charge in [0.05, 0.1) is 22.0 Å². The van der Waals surface area contributed by atoms with Gasteiger partial charge in [0, 0.05) is 37.8 Å². The number of nitro benzene ring substituents is 2. The lowest BCUT2D eigenvalue weighted by Crippen LogP contribution is -2.49. The summed E-state index contributed by atoms with van der Waals surface area (Å²) in [6.07, 6.45) is 1.46. The van der Waals surface area contributed by atoms with Gasteiger partial charge in [0.1, 0.15) is 0 Å². The maximum atomic E-state index is 12.1. The number of piperazine rings is 1. The number of carbonyl (C=O) groups excluding carboxylic acids is 1. The van der Waals surface area contributed by atoms with Crippen LogP contribution in [0, 0.1) is 20.2 Å². The number of ether oxygens (including phenoxy) is 1. The van der Waals surface area contributed by atoms with E-state index >= 15 is 0 Å². The van der Waals surface area contributed by atoms with Crippen molar-refractivity contribution in [1.29, 1.82) is 0 Å². The number of hydrogen-bond donors (Lipinski definition) is 1. The Morgan fingerprint density at radius 1 is 1.31 bits per heavy atom. The summed E-state index contributed by atoms with van der Waals surface area (Å²) < 4.78 is 5.03. The second kappa shape index (κ2) is 8.56. The third kappa shape index (κ3) is 4.45. The van der Waals surface area contributed by atoms with Crippen molar-refractivity contribution in [1.82, 2.24) is 5.32 Å². The van der Waals surface area contributed by atoms with Gasteiger partial charge < -0.3 is 15.0 Å². The number of anilines is 1. The van der Waals surface area contributed by atoms with Gasteiger partial charge >= 0.3 is 17.3 Å². The molecule has 1 N–H and O–H groups in total. The Morgan fingerprint density at radius 2 is 1.92 bits per heavy atom. The Morgan fingerprint density at radius 3 is 2.42 bits per heavy atom. The van der Waals surface area contributed by atoms with Crippen molar-refractivity contribution in [3.8, 4) is 0 Å². The lowest BCUT2D eigenvalue weighted by molar-refractivity contribution is -0.392. The molecule has 0 aliphatic carbocycles. The number of esters is 1. The molecule has 142 valence electrons. The first-order valence-corrected chi connectivity index (χ1v) is 8.47. The number of unbranched alkanes of at least 4 members (excludes halogenated alkanes) is 1. The minimum absolute atomic E-state index is 0.0293. The Kier molecular flexibility index (Phi) is 6.45. The molecule has 1 aliphatic heterocycles. The lowest BCUT2D eigenvalue weighted by atomic mass is 10.1. The second-order valence-corrected chi connectivity index (χ2v) is 6.17. The van der Waals surface area contributed by atoms with E-state index in [9.17, 15) is 25.0 Å². The van der Waals surface area contributed by atoms with Gasteiger partial charge in [-0.05, 0) is 13.3 Å². The van der Waals surface area contributed by atoms with E-state index in [1.807, 2.05) is 13.8 Å². The molecule has 26 heavy (non-hydrogen) atoms. The fourth-order valence-corrected chi connectivity index (χ4v) is 2.85. The van der Waals surface area contributed by atoms with Crippen LogP contribution in [0.15, 0.2) is 12.1 Å². The van der Waals surface area contributed by atoms with Crippen LogP contribution in [0.4, 0.5) is 17.1 Å². The molecule has 2 rings (SSSR count). The molecular formula is C16H22N4O6. The molecule has 1 saturated heterocycles. The van der Waals surface area contributed by atoms with E-state index in [0.717, 1.165) is 18.6 Å². The van der Waals surface area contributed by atoms with Crippen LogP contribution < -0.4 is 10.2 Å². The van der Waals surface area contributed by atoms with E-state index in [1.165, 1.54) is 0 Å². The fraction of sp³-hybridized carbons (Fsp3) is 0.562. The highest BCUT2D eigenvalue weighted by Crippen LogP contribution is 2.39. The van der Waals surface area contributed by atoms with Crippen LogP contribution in [-0.4, -0.2) is 48.1 Å². The average molecular weight is 366 g/mol. The number of rotatable bonds is 7. The smallest absolute Gasteiger partial charge is 0.338 e. The zero-order valence-electron chi connectivity index (χ0n) is 14.8. The maximum Gasteiger partial charge on any atom is 0.338 e. The summed E-state index contributed by atoms with van der Waals surface area (Å²) in [5, 5.41) is 26.3. The van der Waals surface area contributed by atoms with Crippen molar-refractivity contribution in [2.75, 3.05) is 31.1 Å². The third-order valence-corrected chi connectivity index (χ3v) is 4.11. The van der Waals surface area contributed by atoms with E-state index in [2.05, 4.69) is 5.32 Å². The number of carbonyl (C=O) groups is 1. The van der Waals surface area contributed by atoms with E-state index < -0.39 is 27.2 Å². The molecule has 10 heteroatoms. The van der Waals surface area contributed by atoms with Gasteiger partial charge in [0.2, 0.25) is 0 Å². The third-order valence-electron chi connectivity index (χ3n) is 4.11. The molecule has 0 unspecified atom stereocenters. The topological polar surface area (TPSA) is 128 Å². The Hall–Kier alpha value is -2.75. The van der Waals surface area contributed by atoms with Gasteiger partial charge in [-0.25, -0.2) is 4.79 Å². The van der Waals surface area contributed by atoms with Crippen molar-refractivity contribution in [2.24, 2.45) is 0 Å². The van der Waals surface area contributed by atoms with Crippen LogP contribution in [-0.2, 0) is 4.74 Å². The molecule has 0 saturated carbocycles. The summed E-state index contributed by atoms with van der Waals surface area (Å²) in [4.78, 5) is 35.4. The van der Waals surface area contributed by atoms with Crippen molar-refractivity contribution < 1.29 is 19.4 Å². The van der Waals surface area contributed by atoms with Crippen LogP contribution in [0.5, 0.6) is 0 Å². The first-order valence-electron chi connectivity index (χ1n) is 8.47. The Bertz CT molecular complexity index is 673. The molecule has 0 radical (unpaired) electrons. The molecule has 1 fully saturated rings. The normalized spacial score (nSPS) is 17.0. The minimum atomic E-state index is -0.801. The van der Waals surface area contributed by atoms with E-state index in [0.29, 0.717) is 26.1 Å². The van der Waals surface area contributed by atoms with Crippen LogP contribution in [0.2, 0.25) is 0 Å². The van der Waals surface area contributed by atoms with Crippen LogP contribution in [0.25, 0.3) is 0 Å². The van der Waals surface area contributed by atoms with Gasteiger partial charge in [0.25, 0.3) is 0 Å². The summed E-state index contributed by atoms with van der Waals surface area (Å²) in [5.41, 5.74) is -1.18. The van der Waals surface area contributed by atoms with Gasteiger partial charge in [0.15, 0.2) is 5.69 Å². The lowest BCUT2D eigenvalue weighted by Gasteiger charge is -2.32. The molecule has 0 bridgehead atoms. The van der Waals surface area contributed by atoms with Crippen LogP contribution >= 0.6 is 0 Å². The van der Waals surface area contributed by atoms with Crippen LogP contribution in [0.3, 0.4) is 0 Å².